The van der Waals surface area contributed by atoms with E-state index >= 15 is 0 Å². The fourth-order valence-electron chi connectivity index (χ4n) is 3.76. The molecular weight excluding hydrogens is 397 g/mol. The molecule has 0 amide bonds. The van der Waals surface area contributed by atoms with Gasteiger partial charge >= 0.3 is 6.18 Å². The first-order chi connectivity index (χ1) is 14.6. The molecule has 31 heavy (non-hydrogen) atoms. The molecule has 0 spiro atoms. The highest BCUT2D eigenvalue weighted by Crippen LogP contribution is 2.29. The molecule has 0 bridgehead atoms. The lowest BCUT2D eigenvalue weighted by molar-refractivity contribution is -0.137. The van der Waals surface area contributed by atoms with Gasteiger partial charge in [0.1, 0.15) is 0 Å². The molecular formula is C26H31F3N2. The van der Waals surface area contributed by atoms with Crippen LogP contribution in [0.15, 0.2) is 66.9 Å². The number of benzene rings is 2. The molecule has 2 nitrogen and oxygen atoms in total. The Labute approximate surface area is 183 Å². The van der Waals surface area contributed by atoms with Gasteiger partial charge in [-0.3, -0.25) is 4.90 Å². The SMILES string of the molecule is Cc1cccc(CN(Cc2cccn2Cc2ccc(C(F)(F)F)cc2)C(C)C(C)C)c1. The molecule has 3 rings (SSSR count). The van der Waals surface area contributed by atoms with Crippen molar-refractivity contribution in [2.24, 2.45) is 5.92 Å². The number of aryl methyl sites for hydroxylation is 1. The van der Waals surface area contributed by atoms with Crippen LogP contribution >= 0.6 is 0 Å². The fourth-order valence-corrected chi connectivity index (χ4v) is 3.76. The molecule has 0 aliphatic rings. The van der Waals surface area contributed by atoms with Crippen LogP contribution in [-0.4, -0.2) is 15.5 Å². The first-order valence-corrected chi connectivity index (χ1v) is 10.7. The summed E-state index contributed by atoms with van der Waals surface area (Å²) in [7, 11) is 0. The normalized spacial score (nSPS) is 13.2. The van der Waals surface area contributed by atoms with Crippen molar-refractivity contribution in [3.63, 3.8) is 0 Å². The summed E-state index contributed by atoms with van der Waals surface area (Å²) in [6.45, 7) is 11.0. The van der Waals surface area contributed by atoms with Crippen molar-refractivity contribution in [2.75, 3.05) is 0 Å². The Hall–Kier alpha value is -2.53. The fraction of sp³-hybridized carbons (Fsp3) is 0.385. The Balaban J connectivity index is 1.77. The molecule has 0 fully saturated rings. The zero-order valence-corrected chi connectivity index (χ0v) is 18.7. The number of aromatic nitrogens is 1. The van der Waals surface area contributed by atoms with E-state index in [-0.39, 0.29) is 0 Å². The minimum atomic E-state index is -4.31. The molecule has 1 aromatic heterocycles. The van der Waals surface area contributed by atoms with Crippen LogP contribution in [0, 0.1) is 12.8 Å². The summed E-state index contributed by atoms with van der Waals surface area (Å²) in [5, 5.41) is 0. The molecule has 0 N–H and O–H groups in total. The van der Waals surface area contributed by atoms with Gasteiger partial charge in [0.15, 0.2) is 0 Å². The van der Waals surface area contributed by atoms with Crippen molar-refractivity contribution in [2.45, 2.75) is 59.5 Å². The second kappa shape index (κ2) is 9.73. The maximum Gasteiger partial charge on any atom is 0.416 e. The molecule has 5 heteroatoms. The van der Waals surface area contributed by atoms with E-state index in [4.69, 9.17) is 0 Å². The molecule has 0 radical (unpaired) electrons. The first kappa shape index (κ1) is 23.1. The molecule has 1 unspecified atom stereocenters. The van der Waals surface area contributed by atoms with Crippen LogP contribution in [0.1, 0.15) is 48.7 Å². The number of alkyl halides is 3. The second-order valence-electron chi connectivity index (χ2n) is 8.70. The predicted octanol–water partition coefficient (Wildman–Crippen LogP) is 6.91. The Bertz CT molecular complexity index is 971. The summed E-state index contributed by atoms with van der Waals surface area (Å²) in [5.74, 6) is 0.503. The van der Waals surface area contributed by atoms with Gasteiger partial charge in [0.25, 0.3) is 0 Å². The highest BCUT2D eigenvalue weighted by atomic mass is 19.4. The number of hydrogen-bond donors (Lipinski definition) is 0. The summed E-state index contributed by atoms with van der Waals surface area (Å²) >= 11 is 0. The molecule has 166 valence electrons. The molecule has 1 atom stereocenters. The lowest BCUT2D eigenvalue weighted by atomic mass is 10.0. The third kappa shape index (κ3) is 6.23. The zero-order valence-electron chi connectivity index (χ0n) is 18.7. The van der Waals surface area contributed by atoms with Crippen molar-refractivity contribution in [3.05, 3.63) is 94.8 Å². The molecule has 0 aliphatic carbocycles. The van der Waals surface area contributed by atoms with Crippen molar-refractivity contribution in [1.29, 1.82) is 0 Å². The van der Waals surface area contributed by atoms with Crippen molar-refractivity contribution >= 4 is 0 Å². The number of rotatable bonds is 8. The van der Waals surface area contributed by atoms with E-state index in [9.17, 15) is 13.2 Å². The molecule has 1 heterocycles. The Morgan fingerprint density at radius 3 is 2.19 bits per heavy atom. The average molecular weight is 429 g/mol. The second-order valence-corrected chi connectivity index (χ2v) is 8.70. The summed E-state index contributed by atoms with van der Waals surface area (Å²) < 4.78 is 40.6. The quantitative estimate of drug-likeness (QED) is 0.378. The van der Waals surface area contributed by atoms with Gasteiger partial charge in [0, 0.05) is 37.6 Å². The van der Waals surface area contributed by atoms with E-state index < -0.39 is 11.7 Å². The van der Waals surface area contributed by atoms with Crippen LogP contribution < -0.4 is 0 Å². The number of halogens is 3. The van der Waals surface area contributed by atoms with Gasteiger partial charge in [0.2, 0.25) is 0 Å². The van der Waals surface area contributed by atoms with Crippen LogP contribution in [0.2, 0.25) is 0 Å². The smallest absolute Gasteiger partial charge is 0.346 e. The lowest BCUT2D eigenvalue weighted by Gasteiger charge is -2.32. The summed E-state index contributed by atoms with van der Waals surface area (Å²) in [4.78, 5) is 2.47. The standard InChI is InChI=1S/C26H31F3N2/c1-19(2)21(4)31(17-23-8-5-7-20(3)15-23)18-25-9-6-14-30(25)16-22-10-12-24(13-11-22)26(27,28)29/h5-15,19,21H,16-18H2,1-4H3. The average Bonchev–Trinajstić information content (AvgIpc) is 3.13. The predicted molar refractivity (Wildman–Crippen MR) is 120 cm³/mol. The van der Waals surface area contributed by atoms with E-state index in [1.807, 2.05) is 12.3 Å². The first-order valence-electron chi connectivity index (χ1n) is 10.7. The number of hydrogen-bond acceptors (Lipinski definition) is 1. The van der Waals surface area contributed by atoms with E-state index in [0.717, 1.165) is 36.5 Å². The van der Waals surface area contributed by atoms with Crippen LogP contribution in [-0.2, 0) is 25.8 Å². The largest absolute Gasteiger partial charge is 0.416 e. The summed E-state index contributed by atoms with van der Waals surface area (Å²) in [5.41, 5.74) is 3.93. The highest BCUT2D eigenvalue weighted by molar-refractivity contribution is 5.26. The van der Waals surface area contributed by atoms with E-state index in [0.29, 0.717) is 18.5 Å². The monoisotopic (exact) mass is 428 g/mol. The Morgan fingerprint density at radius 1 is 0.871 bits per heavy atom. The molecule has 2 aromatic carbocycles. The topological polar surface area (TPSA) is 8.17 Å². The van der Waals surface area contributed by atoms with Crippen molar-refractivity contribution in [1.82, 2.24) is 9.47 Å². The van der Waals surface area contributed by atoms with Crippen LogP contribution in [0.4, 0.5) is 13.2 Å². The number of nitrogens with zero attached hydrogens (tertiary/aromatic N) is 2. The maximum atomic E-state index is 12.8. The van der Waals surface area contributed by atoms with Crippen LogP contribution in [0.5, 0.6) is 0 Å². The van der Waals surface area contributed by atoms with Gasteiger partial charge in [-0.1, -0.05) is 55.8 Å². The Kier molecular flexibility index (Phi) is 7.26. The van der Waals surface area contributed by atoms with Gasteiger partial charge < -0.3 is 4.57 Å². The van der Waals surface area contributed by atoms with Crippen molar-refractivity contribution < 1.29 is 13.2 Å². The minimum absolute atomic E-state index is 0.384. The maximum absolute atomic E-state index is 12.8. The Morgan fingerprint density at radius 2 is 1.58 bits per heavy atom. The summed E-state index contributed by atoms with van der Waals surface area (Å²) in [6, 6.07) is 18.5. The highest BCUT2D eigenvalue weighted by Gasteiger charge is 2.30. The van der Waals surface area contributed by atoms with E-state index in [1.165, 1.54) is 11.1 Å². The van der Waals surface area contributed by atoms with Gasteiger partial charge in [-0.2, -0.15) is 13.2 Å². The molecule has 0 saturated carbocycles. The molecule has 3 aromatic rings. The zero-order chi connectivity index (χ0) is 22.6. The minimum Gasteiger partial charge on any atom is -0.346 e. The van der Waals surface area contributed by atoms with Gasteiger partial charge in [-0.15, -0.1) is 0 Å². The third-order valence-electron chi connectivity index (χ3n) is 5.93. The molecule has 0 saturated heterocycles. The molecule has 0 aliphatic heterocycles. The van der Waals surface area contributed by atoms with E-state index in [1.54, 1.807) is 12.1 Å². The van der Waals surface area contributed by atoms with Gasteiger partial charge in [-0.05, 0) is 55.2 Å². The van der Waals surface area contributed by atoms with Crippen LogP contribution in [0.3, 0.4) is 0 Å². The van der Waals surface area contributed by atoms with E-state index in [2.05, 4.69) is 67.5 Å². The lowest BCUT2D eigenvalue weighted by Crippen LogP contribution is -2.36. The third-order valence-corrected chi connectivity index (χ3v) is 5.93. The van der Waals surface area contributed by atoms with Crippen LogP contribution in [0.25, 0.3) is 0 Å². The van der Waals surface area contributed by atoms with Gasteiger partial charge in [-0.25, -0.2) is 0 Å². The summed E-state index contributed by atoms with van der Waals surface area (Å²) in [6.07, 6.45) is -2.31. The van der Waals surface area contributed by atoms with Gasteiger partial charge in [0.05, 0.1) is 5.56 Å². The van der Waals surface area contributed by atoms with Crippen molar-refractivity contribution in [3.8, 4) is 0 Å².